The summed E-state index contributed by atoms with van der Waals surface area (Å²) < 4.78 is 39.5. The molecule has 0 atom stereocenters. The van der Waals surface area contributed by atoms with Crippen LogP contribution < -0.4 is 0 Å². The van der Waals surface area contributed by atoms with E-state index in [1.807, 2.05) is 0 Å². The minimum absolute atomic E-state index is 0. The summed E-state index contributed by atoms with van der Waals surface area (Å²) in [7, 11) is 0. The average Bonchev–Trinajstić information content (AvgIpc) is 0.722. The van der Waals surface area contributed by atoms with E-state index in [1.54, 1.807) is 0 Å². The number of hydrogen-bond donors (Lipinski definition) is 0. The van der Waals surface area contributed by atoms with Crippen molar-refractivity contribution in [3.63, 3.8) is 0 Å². The van der Waals surface area contributed by atoms with Crippen molar-refractivity contribution in [3.8, 4) is 0 Å². The summed E-state index contributed by atoms with van der Waals surface area (Å²) in [6.45, 7) is 0. The Bertz CT molecular complexity index is 23.0. The molecule has 0 saturated heterocycles. The smallest absolute Gasteiger partial charge is 0 e. The van der Waals surface area contributed by atoms with E-state index in [2.05, 4.69) is 0 Å². The van der Waals surface area contributed by atoms with E-state index < -0.39 is 18.2 Å². The molecule has 6 heavy (non-hydrogen) atoms. The summed E-state index contributed by atoms with van der Waals surface area (Å²) in [6, 6.07) is 0. The Hall–Kier alpha value is 2.04. The van der Waals surface area contributed by atoms with Crippen LogP contribution in [-0.4, -0.2) is 51.4 Å². The molecule has 0 amide bonds. The van der Waals surface area contributed by atoms with Gasteiger partial charge in [0.2, 0.25) is 0 Å². The Morgan fingerprint density at radius 2 is 0.833 bits per heavy atom. The van der Waals surface area contributed by atoms with Crippen LogP contribution >= 0.6 is 0 Å². The molecular weight excluding hydrogens is 211 g/mol. The molecule has 0 heterocycles. The molecule has 0 spiro atoms. The fourth-order valence-corrected chi connectivity index (χ4v) is 0. The van der Waals surface area contributed by atoms with Crippen LogP contribution in [0.2, 0.25) is 0 Å². The Morgan fingerprint density at radius 1 is 0.833 bits per heavy atom. The van der Waals surface area contributed by atoms with E-state index in [0.717, 1.165) is 0 Å². The van der Waals surface area contributed by atoms with Crippen molar-refractivity contribution >= 4 is 51.4 Å². The van der Waals surface area contributed by atoms with Gasteiger partial charge in [0.1, 0.15) is 0 Å². The van der Waals surface area contributed by atoms with Crippen LogP contribution in [0.5, 0.6) is 0 Å². The molecule has 0 unspecified atom stereocenters. The molecule has 0 aromatic carbocycles. The van der Waals surface area contributed by atoms with Crippen LogP contribution in [0.4, 0.5) is 12.6 Å². The third-order valence-electron chi connectivity index (χ3n) is 0. The minimum atomic E-state index is -7.02. The third-order valence-corrected chi connectivity index (χ3v) is 0. The third kappa shape index (κ3) is 36.8. The van der Waals surface area contributed by atoms with Crippen LogP contribution in [-0.2, 0) is 18.2 Å². The molecular formula is F4KMo. The van der Waals surface area contributed by atoms with E-state index in [-0.39, 0.29) is 51.4 Å². The molecule has 0 saturated carbocycles. The summed E-state index contributed by atoms with van der Waals surface area (Å²) in [4.78, 5) is 0. The number of rotatable bonds is 0. The SMILES string of the molecule is [F][Mo]([F])([F])[F].[K]. The second kappa shape index (κ2) is 3.98. The first-order valence-electron chi connectivity index (χ1n) is 0.617. The molecule has 0 aliphatic carbocycles. The van der Waals surface area contributed by atoms with E-state index in [1.165, 1.54) is 0 Å². The van der Waals surface area contributed by atoms with Gasteiger partial charge in [-0.3, -0.25) is 0 Å². The first kappa shape index (κ1) is 10.9. The standard InChI is InChI=1S/4FH.K.Mo/h4*1H;;/q;;;;;+4/p-4. The zero-order chi connectivity index (χ0) is 4.50. The quantitative estimate of drug-likeness (QED) is 0.418. The topological polar surface area (TPSA) is 0 Å². The van der Waals surface area contributed by atoms with Crippen molar-refractivity contribution in [2.24, 2.45) is 0 Å². The Morgan fingerprint density at radius 3 is 0.833 bits per heavy atom. The first-order chi connectivity index (χ1) is 2.00. The minimum Gasteiger partial charge on any atom is 0 e. The van der Waals surface area contributed by atoms with Crippen LogP contribution in [0.15, 0.2) is 0 Å². The van der Waals surface area contributed by atoms with E-state index >= 15 is 0 Å². The summed E-state index contributed by atoms with van der Waals surface area (Å²) in [5, 5.41) is 0. The second-order valence-corrected chi connectivity index (χ2v) is 2.07. The molecule has 35 valence electrons. The zero-order valence-corrected chi connectivity index (χ0v) is 8.05. The Kier molecular flexibility index (Phi) is 7.24. The summed E-state index contributed by atoms with van der Waals surface area (Å²) in [5.74, 6) is 0. The van der Waals surface area contributed by atoms with Gasteiger partial charge in [-0.1, -0.05) is 0 Å². The fraction of sp³-hybridized carbons (Fsp3) is 0. The molecule has 0 aliphatic heterocycles. The predicted molar refractivity (Wildman–Crippen MR) is 10.2 cm³/mol. The summed E-state index contributed by atoms with van der Waals surface area (Å²) in [6.07, 6.45) is 0. The van der Waals surface area contributed by atoms with Crippen LogP contribution in [0.1, 0.15) is 0 Å². The first-order valence-corrected chi connectivity index (χ1v) is 3.65. The van der Waals surface area contributed by atoms with Gasteiger partial charge in [-0.15, -0.1) is 0 Å². The van der Waals surface area contributed by atoms with Crippen molar-refractivity contribution in [2.45, 2.75) is 0 Å². The maximum absolute atomic E-state index is 9.88. The fourth-order valence-electron chi connectivity index (χ4n) is 0. The molecule has 1 radical (unpaired) electrons. The summed E-state index contributed by atoms with van der Waals surface area (Å²) >= 11 is -7.02. The van der Waals surface area contributed by atoms with Gasteiger partial charge in [0.15, 0.2) is 0 Å². The molecule has 0 fully saturated rings. The number of halogens is 4. The van der Waals surface area contributed by atoms with Crippen molar-refractivity contribution in [3.05, 3.63) is 0 Å². The van der Waals surface area contributed by atoms with Gasteiger partial charge in [0, 0.05) is 51.4 Å². The number of hydrogen-bond acceptors (Lipinski definition) is 0. The van der Waals surface area contributed by atoms with E-state index in [9.17, 15) is 12.6 Å². The van der Waals surface area contributed by atoms with Crippen LogP contribution in [0, 0.1) is 0 Å². The molecule has 0 aliphatic rings. The van der Waals surface area contributed by atoms with Gasteiger partial charge in [-0.2, -0.15) is 0 Å². The monoisotopic (exact) mass is 213 g/mol. The Balaban J connectivity index is 0. The molecule has 0 aromatic heterocycles. The van der Waals surface area contributed by atoms with Crippen molar-refractivity contribution < 1.29 is 30.8 Å². The van der Waals surface area contributed by atoms with E-state index in [0.29, 0.717) is 0 Å². The Labute approximate surface area is 80.5 Å². The van der Waals surface area contributed by atoms with Gasteiger partial charge in [0.25, 0.3) is 0 Å². The summed E-state index contributed by atoms with van der Waals surface area (Å²) in [5.41, 5.74) is 0. The van der Waals surface area contributed by atoms with Crippen molar-refractivity contribution in [1.29, 1.82) is 0 Å². The van der Waals surface area contributed by atoms with Gasteiger partial charge in [0.05, 0.1) is 0 Å². The van der Waals surface area contributed by atoms with Gasteiger partial charge in [-0.05, 0) is 0 Å². The maximum Gasteiger partial charge on any atom is 0 e. The van der Waals surface area contributed by atoms with Crippen LogP contribution in [0.25, 0.3) is 0 Å². The molecule has 0 rings (SSSR count). The van der Waals surface area contributed by atoms with Crippen molar-refractivity contribution in [1.82, 2.24) is 0 Å². The van der Waals surface area contributed by atoms with Gasteiger partial charge in [-0.25, -0.2) is 0 Å². The predicted octanol–water partition coefficient (Wildman–Crippen LogP) is 1.30. The zero-order valence-electron chi connectivity index (χ0n) is 2.92. The molecule has 0 bridgehead atoms. The molecule has 6 heteroatoms. The molecule has 0 aromatic rings. The molecule has 0 nitrogen and oxygen atoms in total. The van der Waals surface area contributed by atoms with Crippen molar-refractivity contribution in [2.75, 3.05) is 0 Å². The van der Waals surface area contributed by atoms with E-state index in [4.69, 9.17) is 0 Å². The molecule has 0 N–H and O–H groups in total. The maximum atomic E-state index is 9.88. The normalized spacial score (nSPS) is 12.7. The second-order valence-electron chi connectivity index (χ2n) is 0.350. The van der Waals surface area contributed by atoms with Gasteiger partial charge >= 0.3 is 30.8 Å². The van der Waals surface area contributed by atoms with Gasteiger partial charge < -0.3 is 0 Å². The average molecular weight is 211 g/mol. The largest absolute Gasteiger partial charge is 0 e. The van der Waals surface area contributed by atoms with Crippen LogP contribution in [0.3, 0.4) is 0 Å².